The van der Waals surface area contributed by atoms with E-state index in [-0.39, 0.29) is 12.7 Å². The molecule has 0 amide bonds. The molecule has 0 bridgehead atoms. The highest BCUT2D eigenvalue weighted by Gasteiger charge is 2.02. The van der Waals surface area contributed by atoms with Crippen molar-refractivity contribution < 1.29 is 14.9 Å². The number of aliphatic hydroxyl groups excluding tert-OH is 1. The second kappa shape index (κ2) is 4.73. The van der Waals surface area contributed by atoms with E-state index in [4.69, 9.17) is 9.84 Å². The van der Waals surface area contributed by atoms with Crippen LogP contribution in [0, 0.1) is 0 Å². The molecule has 1 N–H and O–H groups in total. The Labute approximate surface area is 55.3 Å². The molecule has 1 radical (unpaired) electrons. The molecule has 0 aliphatic heterocycles. The van der Waals surface area contributed by atoms with Gasteiger partial charge in [0.2, 0.25) is 0 Å². The van der Waals surface area contributed by atoms with Crippen LogP contribution in [0.25, 0.3) is 0 Å². The summed E-state index contributed by atoms with van der Waals surface area (Å²) in [4.78, 5) is 0. The summed E-state index contributed by atoms with van der Waals surface area (Å²) in [6.45, 7) is 3.39. The molecule has 0 aliphatic carbocycles. The van der Waals surface area contributed by atoms with Crippen LogP contribution in [0.4, 0.5) is 0 Å². The summed E-state index contributed by atoms with van der Waals surface area (Å²) in [5, 5.41) is 18.6. The molecule has 0 aromatic rings. The van der Waals surface area contributed by atoms with Crippen molar-refractivity contribution in [2.45, 2.75) is 26.1 Å². The van der Waals surface area contributed by atoms with Gasteiger partial charge in [0.05, 0.1) is 12.7 Å². The second-order valence-electron chi connectivity index (χ2n) is 2.20. The summed E-state index contributed by atoms with van der Waals surface area (Å²) in [5.74, 6) is 0. The minimum atomic E-state index is -0.840. The maximum atomic E-state index is 9.91. The zero-order chi connectivity index (χ0) is 7.28. The Kier molecular flexibility index (Phi) is 4.67. The molecule has 0 fully saturated rings. The van der Waals surface area contributed by atoms with Crippen LogP contribution in [0.1, 0.15) is 13.8 Å². The Morgan fingerprint density at radius 1 is 1.56 bits per heavy atom. The molecule has 0 saturated heterocycles. The van der Waals surface area contributed by atoms with Crippen LogP contribution in [-0.4, -0.2) is 30.5 Å². The van der Waals surface area contributed by atoms with Gasteiger partial charge in [-0.1, -0.05) is 0 Å². The fourth-order valence-corrected chi connectivity index (χ4v) is 0.352. The molecule has 3 heteroatoms. The Balaban J connectivity index is 3.06. The average molecular weight is 133 g/mol. The van der Waals surface area contributed by atoms with Crippen molar-refractivity contribution in [3.63, 3.8) is 0 Å². The average Bonchev–Trinajstić information content (AvgIpc) is 1.83. The standard InChI is InChI=1S/C6H13O3/c1-5(2)9-4-6(8)3-7/h5-6,8H,3-4H2,1-2H3. The van der Waals surface area contributed by atoms with E-state index in [1.807, 2.05) is 13.8 Å². The Morgan fingerprint density at radius 3 is 2.44 bits per heavy atom. The van der Waals surface area contributed by atoms with Gasteiger partial charge in [-0.3, -0.25) is 0 Å². The summed E-state index contributed by atoms with van der Waals surface area (Å²) in [6.07, 6.45) is -0.751. The Morgan fingerprint density at radius 2 is 2.11 bits per heavy atom. The van der Waals surface area contributed by atoms with Crippen LogP contribution in [0.2, 0.25) is 0 Å². The molecule has 3 nitrogen and oxygen atoms in total. The van der Waals surface area contributed by atoms with Gasteiger partial charge in [-0.2, -0.15) is 0 Å². The molecule has 0 aromatic carbocycles. The van der Waals surface area contributed by atoms with E-state index in [0.29, 0.717) is 0 Å². The molecule has 9 heavy (non-hydrogen) atoms. The highest BCUT2D eigenvalue weighted by Crippen LogP contribution is 1.90. The molecular formula is C6H13O3. The molecule has 0 aliphatic rings. The molecule has 1 atom stereocenters. The lowest BCUT2D eigenvalue weighted by Gasteiger charge is -2.09. The van der Waals surface area contributed by atoms with Gasteiger partial charge >= 0.3 is 0 Å². The minimum absolute atomic E-state index is 0.0891. The number of hydrogen-bond donors (Lipinski definition) is 1. The molecule has 1 unspecified atom stereocenters. The van der Waals surface area contributed by atoms with Crippen molar-refractivity contribution in [2.75, 3.05) is 13.2 Å². The fraction of sp³-hybridized carbons (Fsp3) is 1.00. The third kappa shape index (κ3) is 5.76. The van der Waals surface area contributed by atoms with Gasteiger partial charge in [-0.15, -0.1) is 0 Å². The quantitative estimate of drug-likeness (QED) is 0.595. The molecule has 0 heterocycles. The molecule has 55 valence electrons. The van der Waals surface area contributed by atoms with Crippen LogP contribution < -0.4 is 0 Å². The van der Waals surface area contributed by atoms with E-state index in [9.17, 15) is 5.11 Å². The van der Waals surface area contributed by atoms with Crippen molar-refractivity contribution >= 4 is 0 Å². The van der Waals surface area contributed by atoms with Crippen molar-refractivity contribution in [3.05, 3.63) is 0 Å². The lowest BCUT2D eigenvalue weighted by molar-refractivity contribution is -0.0306. The van der Waals surface area contributed by atoms with Gasteiger partial charge in [-0.05, 0) is 13.8 Å². The van der Waals surface area contributed by atoms with Crippen LogP contribution in [0.5, 0.6) is 0 Å². The van der Waals surface area contributed by atoms with Crippen molar-refractivity contribution in [1.82, 2.24) is 0 Å². The fourth-order valence-electron chi connectivity index (χ4n) is 0.352. The number of hydrogen-bond acceptors (Lipinski definition) is 2. The number of rotatable bonds is 4. The number of ether oxygens (including phenoxy) is 1. The zero-order valence-electron chi connectivity index (χ0n) is 5.83. The summed E-state index contributed by atoms with van der Waals surface area (Å²) in [6, 6.07) is 0. The Bertz CT molecular complexity index is 63.3. The van der Waals surface area contributed by atoms with Crippen LogP contribution in [-0.2, 0) is 9.84 Å². The highest BCUT2D eigenvalue weighted by atomic mass is 16.5. The van der Waals surface area contributed by atoms with Gasteiger partial charge in [0.15, 0.2) is 0 Å². The maximum Gasteiger partial charge on any atom is 0.110 e. The third-order valence-corrected chi connectivity index (χ3v) is 0.814. The van der Waals surface area contributed by atoms with Crippen LogP contribution >= 0.6 is 0 Å². The van der Waals surface area contributed by atoms with E-state index in [1.54, 1.807) is 0 Å². The van der Waals surface area contributed by atoms with E-state index < -0.39 is 12.7 Å². The summed E-state index contributed by atoms with van der Waals surface area (Å²) < 4.78 is 4.94. The summed E-state index contributed by atoms with van der Waals surface area (Å²) in [5.41, 5.74) is 0. The van der Waals surface area contributed by atoms with Crippen LogP contribution in [0.3, 0.4) is 0 Å². The van der Waals surface area contributed by atoms with Gasteiger partial charge in [0.25, 0.3) is 0 Å². The topological polar surface area (TPSA) is 49.4 Å². The number of aliphatic hydroxyl groups is 1. The SMILES string of the molecule is CC(C)OCC(O)C[O]. The summed E-state index contributed by atoms with van der Waals surface area (Å²) in [7, 11) is 0. The highest BCUT2D eigenvalue weighted by molar-refractivity contribution is 4.49. The first kappa shape index (κ1) is 8.88. The minimum Gasteiger partial charge on any atom is -0.388 e. The largest absolute Gasteiger partial charge is 0.388 e. The van der Waals surface area contributed by atoms with E-state index in [2.05, 4.69) is 0 Å². The van der Waals surface area contributed by atoms with E-state index in [0.717, 1.165) is 0 Å². The summed E-state index contributed by atoms with van der Waals surface area (Å²) >= 11 is 0. The Hall–Kier alpha value is -0.120. The molecule has 0 rings (SSSR count). The van der Waals surface area contributed by atoms with E-state index >= 15 is 0 Å². The van der Waals surface area contributed by atoms with E-state index in [1.165, 1.54) is 0 Å². The van der Waals surface area contributed by atoms with Gasteiger partial charge in [0, 0.05) is 0 Å². The zero-order valence-corrected chi connectivity index (χ0v) is 5.83. The lowest BCUT2D eigenvalue weighted by atomic mass is 10.4. The van der Waals surface area contributed by atoms with Crippen molar-refractivity contribution in [2.24, 2.45) is 0 Å². The van der Waals surface area contributed by atoms with Crippen LogP contribution in [0.15, 0.2) is 0 Å². The predicted octanol–water partition coefficient (Wildman–Crippen LogP) is 0.203. The molecule has 0 spiro atoms. The second-order valence-corrected chi connectivity index (χ2v) is 2.20. The first-order valence-electron chi connectivity index (χ1n) is 3.04. The van der Waals surface area contributed by atoms with Crippen molar-refractivity contribution in [1.29, 1.82) is 0 Å². The molecule has 0 saturated carbocycles. The normalized spacial score (nSPS) is 14.3. The molecular weight excluding hydrogens is 120 g/mol. The first-order valence-corrected chi connectivity index (χ1v) is 3.04. The van der Waals surface area contributed by atoms with Gasteiger partial charge in [0.1, 0.15) is 12.7 Å². The first-order chi connectivity index (χ1) is 4.16. The monoisotopic (exact) mass is 133 g/mol. The predicted molar refractivity (Wildman–Crippen MR) is 32.6 cm³/mol. The van der Waals surface area contributed by atoms with Crippen molar-refractivity contribution in [3.8, 4) is 0 Å². The third-order valence-electron chi connectivity index (χ3n) is 0.814. The van der Waals surface area contributed by atoms with Gasteiger partial charge in [-0.25, -0.2) is 5.11 Å². The maximum absolute atomic E-state index is 9.91. The van der Waals surface area contributed by atoms with Gasteiger partial charge < -0.3 is 9.84 Å². The smallest absolute Gasteiger partial charge is 0.110 e. The lowest BCUT2D eigenvalue weighted by Crippen LogP contribution is -2.21. The molecule has 0 aromatic heterocycles.